The van der Waals surface area contributed by atoms with E-state index in [0.29, 0.717) is 11.1 Å². The maximum absolute atomic E-state index is 12.3. The largest absolute Gasteiger partial charge is 0.325 e. The molecule has 0 aliphatic heterocycles. The Morgan fingerprint density at radius 1 is 1.00 bits per heavy atom. The Kier molecular flexibility index (Phi) is 6.74. The van der Waals surface area contributed by atoms with Gasteiger partial charge in [-0.25, -0.2) is 19.9 Å². The lowest BCUT2D eigenvalue weighted by Gasteiger charge is -2.08. The van der Waals surface area contributed by atoms with Gasteiger partial charge in [0.15, 0.2) is 5.16 Å². The van der Waals surface area contributed by atoms with Gasteiger partial charge < -0.3 is 5.32 Å². The number of nitrogens with zero attached hydrogens (tertiary/aromatic N) is 4. The van der Waals surface area contributed by atoms with Crippen LogP contribution in [0.1, 0.15) is 30.3 Å². The van der Waals surface area contributed by atoms with Gasteiger partial charge >= 0.3 is 0 Å². The van der Waals surface area contributed by atoms with Crippen LogP contribution in [0.15, 0.2) is 52.4 Å². The summed E-state index contributed by atoms with van der Waals surface area (Å²) in [6, 6.07) is 9.76. The van der Waals surface area contributed by atoms with Gasteiger partial charge in [-0.05, 0) is 36.6 Å². The minimum atomic E-state index is -0.0915. The molecule has 0 spiro atoms. The van der Waals surface area contributed by atoms with Gasteiger partial charge in [0.05, 0.1) is 16.5 Å². The monoisotopic (exact) mass is 467 g/mol. The molecule has 1 aromatic carbocycles. The number of carbonyl (C=O) groups is 1. The number of nitrogens with one attached hydrogen (secondary N) is 1. The van der Waals surface area contributed by atoms with Crippen LogP contribution in [0.3, 0.4) is 0 Å². The molecule has 0 aliphatic rings. The molecule has 0 saturated carbocycles. The smallest absolute Gasteiger partial charge is 0.234 e. The third-order valence-corrected chi connectivity index (χ3v) is 6.93. The first kappa shape index (κ1) is 21.6. The second-order valence-corrected chi connectivity index (χ2v) is 9.99. The lowest BCUT2D eigenvalue weighted by atomic mass is 10.0. The highest BCUT2D eigenvalue weighted by Crippen LogP contribution is 2.29. The van der Waals surface area contributed by atoms with Crippen LogP contribution in [0.5, 0.6) is 0 Å². The molecule has 1 amide bonds. The van der Waals surface area contributed by atoms with Crippen LogP contribution in [0.2, 0.25) is 0 Å². The summed E-state index contributed by atoms with van der Waals surface area (Å²) in [6.07, 6.45) is 1.69. The molecule has 0 saturated heterocycles. The van der Waals surface area contributed by atoms with Crippen molar-refractivity contribution in [1.29, 1.82) is 0 Å². The van der Waals surface area contributed by atoms with Crippen molar-refractivity contribution < 1.29 is 4.79 Å². The molecular formula is C22H21N5OS3. The van der Waals surface area contributed by atoms with E-state index in [2.05, 4.69) is 39.1 Å². The number of rotatable bonds is 7. The topological polar surface area (TPSA) is 80.7 Å². The maximum atomic E-state index is 12.3. The Bertz CT molecular complexity index is 1180. The number of thioether (sulfide) groups is 1. The molecule has 3 aromatic heterocycles. The van der Waals surface area contributed by atoms with Crippen LogP contribution >= 0.6 is 34.4 Å². The second-order valence-electron chi connectivity index (χ2n) is 7.13. The van der Waals surface area contributed by atoms with E-state index in [4.69, 9.17) is 0 Å². The fraction of sp³-hybridized carbons (Fsp3) is 0.227. The number of hydrogen-bond acceptors (Lipinski definition) is 8. The summed E-state index contributed by atoms with van der Waals surface area (Å²) in [5.41, 5.74) is 4.44. The number of carbonyl (C=O) groups excluding carboxylic acids is 1. The summed E-state index contributed by atoms with van der Waals surface area (Å²) >= 11 is 4.45. The molecule has 4 rings (SSSR count). The van der Waals surface area contributed by atoms with Crippen LogP contribution in [-0.2, 0) is 4.79 Å². The summed E-state index contributed by atoms with van der Waals surface area (Å²) in [7, 11) is 0. The Morgan fingerprint density at radius 2 is 1.77 bits per heavy atom. The van der Waals surface area contributed by atoms with E-state index < -0.39 is 0 Å². The van der Waals surface area contributed by atoms with Gasteiger partial charge in [0.2, 0.25) is 5.91 Å². The predicted octanol–water partition coefficient (Wildman–Crippen LogP) is 5.89. The van der Waals surface area contributed by atoms with Crippen LogP contribution in [0, 0.1) is 6.92 Å². The fourth-order valence-electron chi connectivity index (χ4n) is 2.80. The van der Waals surface area contributed by atoms with E-state index in [1.807, 2.05) is 48.0 Å². The van der Waals surface area contributed by atoms with Gasteiger partial charge in [0.1, 0.15) is 16.4 Å². The normalized spacial score (nSPS) is 11.1. The van der Waals surface area contributed by atoms with Crippen molar-refractivity contribution in [2.75, 3.05) is 11.1 Å². The van der Waals surface area contributed by atoms with Gasteiger partial charge in [-0.3, -0.25) is 4.79 Å². The van der Waals surface area contributed by atoms with Gasteiger partial charge in [-0.1, -0.05) is 37.7 Å². The van der Waals surface area contributed by atoms with E-state index in [0.717, 1.165) is 32.8 Å². The molecule has 6 nitrogen and oxygen atoms in total. The van der Waals surface area contributed by atoms with Crippen molar-refractivity contribution in [3.05, 3.63) is 57.9 Å². The minimum absolute atomic E-state index is 0.0915. The molecule has 4 aromatic rings. The summed E-state index contributed by atoms with van der Waals surface area (Å²) < 4.78 is 0. The number of amides is 1. The Morgan fingerprint density at radius 3 is 2.48 bits per heavy atom. The average molecular weight is 468 g/mol. The second kappa shape index (κ2) is 9.67. The van der Waals surface area contributed by atoms with Crippen LogP contribution in [-0.4, -0.2) is 31.6 Å². The van der Waals surface area contributed by atoms with Crippen LogP contribution in [0.25, 0.3) is 22.1 Å². The Hall–Kier alpha value is -2.62. The van der Waals surface area contributed by atoms with Crippen molar-refractivity contribution >= 4 is 46.0 Å². The molecule has 3 heterocycles. The lowest BCUT2D eigenvalue weighted by molar-refractivity contribution is -0.113. The van der Waals surface area contributed by atoms with Crippen molar-refractivity contribution in [2.24, 2.45) is 0 Å². The quantitative estimate of drug-likeness (QED) is 0.270. The summed E-state index contributed by atoms with van der Waals surface area (Å²) in [4.78, 5) is 30.3. The van der Waals surface area contributed by atoms with Gasteiger partial charge in [0, 0.05) is 22.6 Å². The number of aromatic nitrogens is 4. The first-order valence-corrected chi connectivity index (χ1v) is 12.5. The zero-order valence-corrected chi connectivity index (χ0v) is 19.8. The number of anilines is 1. The van der Waals surface area contributed by atoms with Gasteiger partial charge in [0.25, 0.3) is 0 Å². The van der Waals surface area contributed by atoms with E-state index >= 15 is 0 Å². The minimum Gasteiger partial charge on any atom is -0.325 e. The first-order valence-electron chi connectivity index (χ1n) is 9.72. The third kappa shape index (κ3) is 5.55. The molecule has 0 radical (unpaired) electrons. The summed E-state index contributed by atoms with van der Waals surface area (Å²) in [6.45, 7) is 6.27. The zero-order valence-electron chi connectivity index (χ0n) is 17.3. The summed E-state index contributed by atoms with van der Waals surface area (Å²) in [5, 5.41) is 9.32. The molecule has 0 aliphatic carbocycles. The lowest BCUT2D eigenvalue weighted by Crippen LogP contribution is -2.14. The molecule has 1 N–H and O–H groups in total. The Balaban J connectivity index is 1.37. The van der Waals surface area contributed by atoms with Crippen LogP contribution < -0.4 is 5.32 Å². The predicted molar refractivity (Wildman–Crippen MR) is 129 cm³/mol. The molecule has 9 heteroatoms. The third-order valence-electron chi connectivity index (χ3n) is 4.43. The molecule has 0 atom stereocenters. The molecule has 0 bridgehead atoms. The average Bonchev–Trinajstić information content (AvgIpc) is 3.42. The molecule has 31 heavy (non-hydrogen) atoms. The molecular weight excluding hydrogens is 446 g/mol. The molecule has 0 fully saturated rings. The van der Waals surface area contributed by atoms with Gasteiger partial charge in [-0.2, -0.15) is 0 Å². The maximum Gasteiger partial charge on any atom is 0.234 e. The highest BCUT2D eigenvalue weighted by molar-refractivity contribution is 7.99. The number of benzene rings is 1. The standard InChI is InChI=1S/C22H21N5OS3/c1-13(2)15-4-6-16(7-5-15)25-20(28)12-31-22-23-9-8-17(27-22)18-10-30-21(26-18)19-11-29-14(3)24-19/h4-11,13H,12H2,1-3H3,(H,25,28). The number of hydrogen-bond donors (Lipinski definition) is 1. The zero-order chi connectivity index (χ0) is 21.8. The van der Waals surface area contributed by atoms with Crippen molar-refractivity contribution in [1.82, 2.24) is 19.9 Å². The summed E-state index contributed by atoms with van der Waals surface area (Å²) in [5.74, 6) is 0.603. The first-order chi connectivity index (χ1) is 15.0. The van der Waals surface area contributed by atoms with Crippen molar-refractivity contribution in [3.8, 4) is 22.1 Å². The SMILES string of the molecule is Cc1nc(-c2nc(-c3ccnc(SCC(=O)Nc4ccc(C(C)C)cc4)n3)cs2)cs1. The van der Waals surface area contributed by atoms with Crippen molar-refractivity contribution in [3.63, 3.8) is 0 Å². The fourth-order valence-corrected chi connectivity index (χ4v) is 4.88. The molecule has 0 unspecified atom stereocenters. The van der Waals surface area contributed by atoms with Crippen LogP contribution in [0.4, 0.5) is 5.69 Å². The van der Waals surface area contributed by atoms with E-state index in [-0.39, 0.29) is 11.7 Å². The Labute approximate surface area is 193 Å². The van der Waals surface area contributed by atoms with Crippen molar-refractivity contribution in [2.45, 2.75) is 31.8 Å². The highest BCUT2D eigenvalue weighted by Gasteiger charge is 2.12. The van der Waals surface area contributed by atoms with E-state index in [9.17, 15) is 4.79 Å². The molecule has 158 valence electrons. The van der Waals surface area contributed by atoms with E-state index in [1.54, 1.807) is 28.9 Å². The number of thiazole rings is 2. The van der Waals surface area contributed by atoms with Gasteiger partial charge in [-0.15, -0.1) is 22.7 Å². The highest BCUT2D eigenvalue weighted by atomic mass is 32.2. The van der Waals surface area contributed by atoms with E-state index in [1.165, 1.54) is 17.3 Å². The number of aryl methyl sites for hydroxylation is 1.